The molecule has 3 nitrogen and oxygen atoms in total. The number of hydrogen-bond acceptors (Lipinski definition) is 2. The summed E-state index contributed by atoms with van der Waals surface area (Å²) in [6, 6.07) is 10.2. The molecule has 2 aliphatic rings. The predicted octanol–water partition coefficient (Wildman–Crippen LogP) is 2.46. The number of nitrogens with zero attached hydrogens (tertiary/aromatic N) is 1. The van der Waals surface area contributed by atoms with Gasteiger partial charge in [-0.15, -0.1) is 0 Å². The highest BCUT2D eigenvalue weighted by atomic mass is 16.4. The van der Waals surface area contributed by atoms with Crippen LogP contribution in [0.4, 0.5) is 0 Å². The van der Waals surface area contributed by atoms with Crippen LogP contribution in [0.3, 0.4) is 0 Å². The van der Waals surface area contributed by atoms with Gasteiger partial charge >= 0.3 is 5.97 Å². The first-order valence-electron chi connectivity index (χ1n) is 6.42. The van der Waals surface area contributed by atoms with E-state index in [0.717, 1.165) is 6.42 Å². The minimum atomic E-state index is -0.699. The maximum atomic E-state index is 11.5. The van der Waals surface area contributed by atoms with Gasteiger partial charge in [0.2, 0.25) is 0 Å². The van der Waals surface area contributed by atoms with E-state index in [1.165, 1.54) is 5.56 Å². The standard InChI is InChI=1S/C15H17NO2/c1-10(11-5-3-2-4-6-11)16-13-8-7-12(9-13)14(16)15(17)18/h2-8,10,12-14H,9H2,1H3,(H,17,18)/t10-,12-,13?,14-/m0/s1. The molecule has 0 aromatic heterocycles. The number of aliphatic carboxylic acids is 1. The Labute approximate surface area is 107 Å². The van der Waals surface area contributed by atoms with Crippen LogP contribution in [0.5, 0.6) is 0 Å². The molecule has 1 unspecified atom stereocenters. The highest BCUT2D eigenvalue weighted by Gasteiger charge is 2.48. The van der Waals surface area contributed by atoms with Crippen molar-refractivity contribution < 1.29 is 9.90 Å². The zero-order chi connectivity index (χ0) is 12.7. The van der Waals surface area contributed by atoms with Crippen LogP contribution in [0, 0.1) is 5.92 Å². The van der Waals surface area contributed by atoms with Gasteiger partial charge in [0.15, 0.2) is 0 Å². The number of benzene rings is 1. The van der Waals surface area contributed by atoms with E-state index >= 15 is 0 Å². The molecule has 1 aromatic rings. The number of rotatable bonds is 3. The maximum absolute atomic E-state index is 11.5. The second-order valence-electron chi connectivity index (χ2n) is 5.17. The highest BCUT2D eigenvalue weighted by molar-refractivity contribution is 5.75. The molecule has 18 heavy (non-hydrogen) atoms. The Kier molecular flexibility index (Phi) is 2.71. The Morgan fingerprint density at radius 2 is 2.06 bits per heavy atom. The van der Waals surface area contributed by atoms with Gasteiger partial charge in [0.05, 0.1) is 0 Å². The van der Waals surface area contributed by atoms with Gasteiger partial charge < -0.3 is 5.11 Å². The lowest BCUT2D eigenvalue weighted by Crippen LogP contribution is -2.45. The first-order valence-corrected chi connectivity index (χ1v) is 6.42. The topological polar surface area (TPSA) is 40.5 Å². The third-order valence-corrected chi connectivity index (χ3v) is 4.19. The molecule has 4 atom stereocenters. The summed E-state index contributed by atoms with van der Waals surface area (Å²) in [4.78, 5) is 13.6. The van der Waals surface area contributed by atoms with Crippen LogP contribution >= 0.6 is 0 Å². The predicted molar refractivity (Wildman–Crippen MR) is 69.2 cm³/mol. The van der Waals surface area contributed by atoms with Gasteiger partial charge in [-0.2, -0.15) is 0 Å². The minimum absolute atomic E-state index is 0.146. The number of hydrogen-bond donors (Lipinski definition) is 1. The van der Waals surface area contributed by atoms with Gasteiger partial charge in [0, 0.05) is 18.0 Å². The summed E-state index contributed by atoms with van der Waals surface area (Å²) in [6.45, 7) is 2.10. The molecule has 1 aliphatic heterocycles. The molecular formula is C15H17NO2. The van der Waals surface area contributed by atoms with Crippen molar-refractivity contribution in [3.8, 4) is 0 Å². The van der Waals surface area contributed by atoms with Crippen molar-refractivity contribution in [1.82, 2.24) is 4.90 Å². The van der Waals surface area contributed by atoms with Crippen molar-refractivity contribution in [3.05, 3.63) is 48.0 Å². The summed E-state index contributed by atoms with van der Waals surface area (Å²) in [7, 11) is 0. The van der Waals surface area contributed by atoms with Crippen LogP contribution in [-0.2, 0) is 4.79 Å². The van der Waals surface area contributed by atoms with Crippen molar-refractivity contribution in [3.63, 3.8) is 0 Å². The Balaban J connectivity index is 1.91. The largest absolute Gasteiger partial charge is 0.480 e. The first kappa shape index (κ1) is 11.5. The van der Waals surface area contributed by atoms with E-state index in [9.17, 15) is 9.90 Å². The summed E-state index contributed by atoms with van der Waals surface area (Å²) < 4.78 is 0. The summed E-state index contributed by atoms with van der Waals surface area (Å²) in [5.74, 6) is -0.520. The fraction of sp³-hybridized carbons (Fsp3) is 0.400. The van der Waals surface area contributed by atoms with Gasteiger partial charge in [-0.1, -0.05) is 42.5 Å². The zero-order valence-corrected chi connectivity index (χ0v) is 10.4. The van der Waals surface area contributed by atoms with Crippen LogP contribution in [0.15, 0.2) is 42.5 Å². The number of likely N-dealkylation sites (tertiary alicyclic amines) is 1. The zero-order valence-electron chi connectivity index (χ0n) is 10.4. The molecule has 0 radical (unpaired) electrons. The van der Waals surface area contributed by atoms with Gasteiger partial charge in [0.25, 0.3) is 0 Å². The maximum Gasteiger partial charge on any atom is 0.321 e. The fourth-order valence-electron chi connectivity index (χ4n) is 3.33. The van der Waals surface area contributed by atoms with Gasteiger partial charge in [0.1, 0.15) is 6.04 Å². The number of carboxylic acids is 1. The number of carboxylic acid groups (broad SMARTS) is 1. The molecule has 1 saturated heterocycles. The van der Waals surface area contributed by atoms with Crippen LogP contribution in [0.1, 0.15) is 24.9 Å². The molecule has 1 fully saturated rings. The number of fused-ring (bicyclic) bond motifs is 2. The lowest BCUT2D eigenvalue weighted by atomic mass is 9.99. The third-order valence-electron chi connectivity index (χ3n) is 4.19. The van der Waals surface area contributed by atoms with E-state index in [-0.39, 0.29) is 24.0 Å². The van der Waals surface area contributed by atoms with Gasteiger partial charge in [-0.3, -0.25) is 9.69 Å². The first-order chi connectivity index (χ1) is 8.68. The normalized spacial score (nSPS) is 31.7. The van der Waals surface area contributed by atoms with Crippen molar-refractivity contribution in [2.45, 2.75) is 31.5 Å². The lowest BCUT2D eigenvalue weighted by molar-refractivity contribution is -0.144. The van der Waals surface area contributed by atoms with Gasteiger partial charge in [-0.25, -0.2) is 0 Å². The summed E-state index contributed by atoms with van der Waals surface area (Å²) in [5, 5.41) is 9.43. The van der Waals surface area contributed by atoms with E-state index in [4.69, 9.17) is 0 Å². The molecule has 2 bridgehead atoms. The van der Waals surface area contributed by atoms with E-state index in [1.54, 1.807) is 0 Å². The lowest BCUT2D eigenvalue weighted by Gasteiger charge is -2.35. The molecule has 1 aliphatic carbocycles. The summed E-state index contributed by atoms with van der Waals surface area (Å²) in [6.07, 6.45) is 5.18. The average molecular weight is 243 g/mol. The molecular weight excluding hydrogens is 226 g/mol. The van der Waals surface area contributed by atoms with E-state index in [0.29, 0.717) is 0 Å². The Hall–Kier alpha value is -1.61. The van der Waals surface area contributed by atoms with E-state index in [1.807, 2.05) is 18.2 Å². The molecule has 1 N–H and O–H groups in total. The molecule has 94 valence electrons. The number of carbonyl (C=O) groups is 1. The highest BCUT2D eigenvalue weighted by Crippen LogP contribution is 2.42. The van der Waals surface area contributed by atoms with E-state index in [2.05, 4.69) is 36.1 Å². The van der Waals surface area contributed by atoms with Crippen LogP contribution in [0.2, 0.25) is 0 Å². The van der Waals surface area contributed by atoms with Crippen molar-refractivity contribution in [2.24, 2.45) is 5.92 Å². The Morgan fingerprint density at radius 1 is 1.33 bits per heavy atom. The quantitative estimate of drug-likeness (QED) is 0.829. The Morgan fingerprint density at radius 3 is 2.72 bits per heavy atom. The van der Waals surface area contributed by atoms with Crippen molar-refractivity contribution in [2.75, 3.05) is 0 Å². The molecule has 1 heterocycles. The van der Waals surface area contributed by atoms with Crippen LogP contribution < -0.4 is 0 Å². The average Bonchev–Trinajstić information content (AvgIpc) is 2.99. The molecule has 0 saturated carbocycles. The molecule has 3 heteroatoms. The Bertz CT molecular complexity index is 483. The van der Waals surface area contributed by atoms with Crippen molar-refractivity contribution >= 4 is 5.97 Å². The SMILES string of the molecule is C[C@@H](c1ccccc1)N1C2C=C[C@@H](C2)[C@H]1C(=O)O. The second-order valence-corrected chi connectivity index (χ2v) is 5.17. The summed E-state index contributed by atoms with van der Waals surface area (Å²) in [5.41, 5.74) is 1.18. The smallest absolute Gasteiger partial charge is 0.321 e. The molecule has 1 aromatic carbocycles. The fourth-order valence-corrected chi connectivity index (χ4v) is 3.33. The van der Waals surface area contributed by atoms with Crippen LogP contribution in [0.25, 0.3) is 0 Å². The molecule has 0 spiro atoms. The summed E-state index contributed by atoms with van der Waals surface area (Å²) >= 11 is 0. The van der Waals surface area contributed by atoms with Gasteiger partial charge in [-0.05, 0) is 18.9 Å². The van der Waals surface area contributed by atoms with Crippen molar-refractivity contribution in [1.29, 1.82) is 0 Å². The van der Waals surface area contributed by atoms with Crippen LogP contribution in [-0.4, -0.2) is 28.1 Å². The minimum Gasteiger partial charge on any atom is -0.480 e. The van der Waals surface area contributed by atoms with E-state index < -0.39 is 5.97 Å². The second kappa shape index (κ2) is 4.25. The molecule has 0 amide bonds. The molecule has 3 rings (SSSR count). The monoisotopic (exact) mass is 243 g/mol. The third kappa shape index (κ3) is 1.66.